The molecule has 1 aliphatic rings. The van der Waals surface area contributed by atoms with Crippen LogP contribution in [0.5, 0.6) is 0 Å². The van der Waals surface area contributed by atoms with E-state index in [4.69, 9.17) is 17.3 Å². The van der Waals surface area contributed by atoms with Gasteiger partial charge in [-0.15, -0.1) is 11.3 Å². The fourth-order valence-corrected chi connectivity index (χ4v) is 4.30. The van der Waals surface area contributed by atoms with Crippen molar-refractivity contribution in [3.8, 4) is 0 Å². The van der Waals surface area contributed by atoms with Gasteiger partial charge in [-0.3, -0.25) is 0 Å². The highest BCUT2D eigenvalue weighted by molar-refractivity contribution is 7.19. The van der Waals surface area contributed by atoms with E-state index in [2.05, 4.69) is 15.3 Å². The summed E-state index contributed by atoms with van der Waals surface area (Å²) in [5.41, 5.74) is 8.45. The van der Waals surface area contributed by atoms with Gasteiger partial charge in [0.1, 0.15) is 10.6 Å². The Kier molecular flexibility index (Phi) is 3.39. The number of halogens is 1. The Morgan fingerprint density at radius 2 is 1.86 bits per heavy atom. The highest BCUT2D eigenvalue weighted by Gasteiger charge is 2.20. The maximum absolute atomic E-state index is 6.20. The van der Waals surface area contributed by atoms with Crippen molar-refractivity contribution in [2.75, 3.05) is 11.1 Å². The van der Waals surface area contributed by atoms with Crippen LogP contribution in [0.15, 0.2) is 24.3 Å². The van der Waals surface area contributed by atoms with Gasteiger partial charge in [-0.25, -0.2) is 4.98 Å². The number of rotatable bonds is 2. The van der Waals surface area contributed by atoms with E-state index in [-0.39, 0.29) is 0 Å². The molecule has 4 nitrogen and oxygen atoms in total. The molecule has 22 heavy (non-hydrogen) atoms. The van der Waals surface area contributed by atoms with Crippen LogP contribution >= 0.6 is 22.9 Å². The summed E-state index contributed by atoms with van der Waals surface area (Å²) in [4.78, 5) is 11.5. The summed E-state index contributed by atoms with van der Waals surface area (Å²) in [6.07, 6.45) is 4.70. The van der Waals surface area contributed by atoms with E-state index in [0.29, 0.717) is 16.8 Å². The number of nitrogens with zero attached hydrogens (tertiary/aromatic N) is 2. The van der Waals surface area contributed by atoms with Gasteiger partial charge in [-0.2, -0.15) is 4.98 Å². The molecule has 0 aliphatic heterocycles. The van der Waals surface area contributed by atoms with Gasteiger partial charge in [-0.1, -0.05) is 11.6 Å². The fourth-order valence-electron chi connectivity index (χ4n) is 2.90. The molecule has 3 N–H and O–H groups in total. The molecule has 112 valence electrons. The predicted octanol–water partition coefficient (Wildman–Crippen LogP) is 4.55. The first-order chi connectivity index (χ1) is 10.7. The Bertz CT molecular complexity index is 841. The fraction of sp³-hybridized carbons (Fsp3) is 0.250. The quantitative estimate of drug-likeness (QED) is 0.723. The molecular formula is C16H15ClN4S. The van der Waals surface area contributed by atoms with Crippen molar-refractivity contribution in [1.82, 2.24) is 9.97 Å². The molecule has 0 radical (unpaired) electrons. The third-order valence-electron chi connectivity index (χ3n) is 3.94. The zero-order valence-electron chi connectivity index (χ0n) is 11.9. The predicted molar refractivity (Wildman–Crippen MR) is 93.2 cm³/mol. The van der Waals surface area contributed by atoms with Gasteiger partial charge in [0.2, 0.25) is 5.95 Å². The Balaban J connectivity index is 1.75. The van der Waals surface area contributed by atoms with Gasteiger partial charge >= 0.3 is 0 Å². The topological polar surface area (TPSA) is 63.8 Å². The molecule has 0 bridgehead atoms. The molecule has 0 spiro atoms. The number of aromatic nitrogens is 2. The largest absolute Gasteiger partial charge is 0.383 e. The zero-order chi connectivity index (χ0) is 15.1. The number of thiophene rings is 1. The number of anilines is 3. The third-order valence-corrected chi connectivity index (χ3v) is 5.38. The van der Waals surface area contributed by atoms with Crippen LogP contribution in [-0.4, -0.2) is 9.97 Å². The second-order valence-corrected chi connectivity index (χ2v) is 6.98. The highest BCUT2D eigenvalue weighted by Crippen LogP contribution is 2.38. The normalized spacial score (nSPS) is 14.0. The molecule has 0 atom stereocenters. The number of fused-ring (bicyclic) bond motifs is 3. The van der Waals surface area contributed by atoms with Crippen LogP contribution in [0, 0.1) is 0 Å². The average molecular weight is 331 g/mol. The van der Waals surface area contributed by atoms with Crippen molar-refractivity contribution in [3.63, 3.8) is 0 Å². The molecule has 1 aliphatic carbocycles. The first-order valence-corrected chi connectivity index (χ1v) is 8.50. The van der Waals surface area contributed by atoms with Crippen molar-refractivity contribution < 1.29 is 0 Å². The lowest BCUT2D eigenvalue weighted by atomic mass is 9.97. The number of hydrogen-bond donors (Lipinski definition) is 2. The number of nitrogens with two attached hydrogens (primary N) is 1. The van der Waals surface area contributed by atoms with Crippen LogP contribution in [0.4, 0.5) is 17.5 Å². The van der Waals surface area contributed by atoms with Crippen LogP contribution in [0.3, 0.4) is 0 Å². The molecule has 0 saturated heterocycles. The van der Waals surface area contributed by atoms with Gasteiger partial charge in [-0.05, 0) is 55.5 Å². The molecule has 1 aromatic carbocycles. The summed E-state index contributed by atoms with van der Waals surface area (Å²) >= 11 is 7.65. The molecule has 0 unspecified atom stereocenters. The third kappa shape index (κ3) is 2.40. The average Bonchev–Trinajstić information content (AvgIpc) is 2.88. The van der Waals surface area contributed by atoms with Crippen LogP contribution in [-0.2, 0) is 12.8 Å². The lowest BCUT2D eigenvalue weighted by Gasteiger charge is -2.11. The van der Waals surface area contributed by atoms with Gasteiger partial charge in [0, 0.05) is 15.6 Å². The molecule has 2 aromatic heterocycles. The summed E-state index contributed by atoms with van der Waals surface area (Å²) in [6.45, 7) is 0. The van der Waals surface area contributed by atoms with Gasteiger partial charge in [0.15, 0.2) is 0 Å². The van der Waals surface area contributed by atoms with Crippen molar-refractivity contribution in [1.29, 1.82) is 0 Å². The number of aryl methyl sites for hydroxylation is 2. The molecule has 0 fully saturated rings. The summed E-state index contributed by atoms with van der Waals surface area (Å²) in [5.74, 6) is 1.10. The van der Waals surface area contributed by atoms with Crippen molar-refractivity contribution >= 4 is 50.6 Å². The molecule has 6 heteroatoms. The Morgan fingerprint density at radius 3 is 2.68 bits per heavy atom. The maximum atomic E-state index is 6.20. The van der Waals surface area contributed by atoms with Gasteiger partial charge in [0.05, 0.1) is 5.39 Å². The summed E-state index contributed by atoms with van der Waals surface area (Å²) in [6, 6.07) is 7.45. The molecule has 3 aromatic rings. The minimum atomic E-state index is 0.533. The van der Waals surface area contributed by atoms with Crippen molar-refractivity contribution in [2.45, 2.75) is 25.7 Å². The van der Waals surface area contributed by atoms with Crippen LogP contribution in [0.25, 0.3) is 10.2 Å². The Hall–Kier alpha value is -1.85. The Morgan fingerprint density at radius 1 is 1.09 bits per heavy atom. The molecule has 2 heterocycles. The summed E-state index contributed by atoms with van der Waals surface area (Å²) in [7, 11) is 0. The minimum Gasteiger partial charge on any atom is -0.383 e. The van der Waals surface area contributed by atoms with E-state index in [1.54, 1.807) is 11.3 Å². The highest BCUT2D eigenvalue weighted by atomic mass is 35.5. The molecule has 0 saturated carbocycles. The van der Waals surface area contributed by atoms with E-state index >= 15 is 0 Å². The summed E-state index contributed by atoms with van der Waals surface area (Å²) < 4.78 is 0. The maximum Gasteiger partial charge on any atom is 0.230 e. The van der Waals surface area contributed by atoms with E-state index in [9.17, 15) is 0 Å². The van der Waals surface area contributed by atoms with Gasteiger partial charge < -0.3 is 11.1 Å². The SMILES string of the molecule is Nc1nc(Nc2ccc(Cl)cc2)nc2sc3c(c12)CCCC3. The molecular weight excluding hydrogens is 316 g/mol. The Labute approximate surface area is 137 Å². The number of hydrogen-bond acceptors (Lipinski definition) is 5. The second-order valence-electron chi connectivity index (χ2n) is 5.46. The van der Waals surface area contributed by atoms with E-state index in [0.717, 1.165) is 28.7 Å². The first-order valence-electron chi connectivity index (χ1n) is 7.31. The standard InChI is InChI=1S/C16H15ClN4S/c17-9-5-7-10(8-6-9)19-16-20-14(18)13-11-3-1-2-4-12(11)22-15(13)21-16/h5-8H,1-4H2,(H3,18,19,20,21). The number of benzene rings is 1. The van der Waals surface area contributed by atoms with Crippen molar-refractivity contribution in [2.24, 2.45) is 0 Å². The molecule has 0 amide bonds. The lowest BCUT2D eigenvalue weighted by Crippen LogP contribution is -2.03. The van der Waals surface area contributed by atoms with Crippen LogP contribution < -0.4 is 11.1 Å². The van der Waals surface area contributed by atoms with Crippen LogP contribution in [0.1, 0.15) is 23.3 Å². The number of nitrogen functional groups attached to an aromatic ring is 1. The van der Waals surface area contributed by atoms with E-state index < -0.39 is 0 Å². The van der Waals surface area contributed by atoms with E-state index in [1.165, 1.54) is 23.3 Å². The second kappa shape index (κ2) is 5.41. The minimum absolute atomic E-state index is 0.533. The monoisotopic (exact) mass is 330 g/mol. The van der Waals surface area contributed by atoms with Gasteiger partial charge in [0.25, 0.3) is 0 Å². The first kappa shape index (κ1) is 13.8. The molecule has 4 rings (SSSR count). The smallest absolute Gasteiger partial charge is 0.230 e. The number of nitrogens with one attached hydrogen (secondary N) is 1. The van der Waals surface area contributed by atoms with E-state index in [1.807, 2.05) is 24.3 Å². The van der Waals surface area contributed by atoms with Crippen molar-refractivity contribution in [3.05, 3.63) is 39.7 Å². The lowest BCUT2D eigenvalue weighted by molar-refractivity contribution is 0.700. The van der Waals surface area contributed by atoms with Crippen LogP contribution in [0.2, 0.25) is 5.02 Å². The zero-order valence-corrected chi connectivity index (χ0v) is 13.5. The summed E-state index contributed by atoms with van der Waals surface area (Å²) in [5, 5.41) is 4.95.